The fraction of sp³-hybridized carbons (Fsp3) is 0.533. The second kappa shape index (κ2) is 7.08. The number of nitrogen functional groups attached to an aromatic ring is 1. The minimum atomic E-state index is 0.0105. The molecule has 23 heavy (non-hydrogen) atoms. The number of hydrogen-bond acceptors (Lipinski definition) is 6. The van der Waals surface area contributed by atoms with E-state index in [0.29, 0.717) is 22.7 Å². The first kappa shape index (κ1) is 15.9. The van der Waals surface area contributed by atoms with Gasteiger partial charge in [-0.25, -0.2) is 4.68 Å². The molecule has 0 aromatic carbocycles. The van der Waals surface area contributed by atoms with E-state index < -0.39 is 0 Å². The van der Waals surface area contributed by atoms with Gasteiger partial charge in [0.05, 0.1) is 12.0 Å². The molecule has 2 heterocycles. The normalized spacial score (nSPS) is 21.3. The molecule has 1 saturated carbocycles. The fourth-order valence-corrected chi connectivity index (χ4v) is 3.53. The largest absolute Gasteiger partial charge is 0.461 e. The Balaban J connectivity index is 1.55. The summed E-state index contributed by atoms with van der Waals surface area (Å²) in [6.45, 7) is 2.20. The van der Waals surface area contributed by atoms with E-state index in [0.717, 1.165) is 6.42 Å². The third-order valence-electron chi connectivity index (χ3n) is 4.20. The average molecular weight is 335 g/mol. The Labute approximate surface area is 139 Å². The SMILES string of the molecule is C[C@H]1CCCC[C@@H]1NC(=O)CSc1nnc(-c2ccco2)n1N. The molecule has 0 aliphatic heterocycles. The number of aromatic nitrogens is 3. The lowest BCUT2D eigenvalue weighted by atomic mass is 9.86. The maximum absolute atomic E-state index is 12.1. The highest BCUT2D eigenvalue weighted by Gasteiger charge is 2.23. The third kappa shape index (κ3) is 3.69. The van der Waals surface area contributed by atoms with Crippen LogP contribution >= 0.6 is 11.8 Å². The Morgan fingerprint density at radius 3 is 3.04 bits per heavy atom. The highest BCUT2D eigenvalue weighted by molar-refractivity contribution is 7.99. The van der Waals surface area contributed by atoms with Crippen molar-refractivity contribution >= 4 is 17.7 Å². The number of carbonyl (C=O) groups is 1. The van der Waals surface area contributed by atoms with Crippen molar-refractivity contribution in [2.75, 3.05) is 11.6 Å². The lowest BCUT2D eigenvalue weighted by Crippen LogP contribution is -2.41. The van der Waals surface area contributed by atoms with E-state index in [4.69, 9.17) is 10.3 Å². The summed E-state index contributed by atoms with van der Waals surface area (Å²) in [4.78, 5) is 12.1. The molecule has 2 atom stereocenters. The molecule has 7 nitrogen and oxygen atoms in total. The van der Waals surface area contributed by atoms with E-state index in [1.165, 1.54) is 35.7 Å². The summed E-state index contributed by atoms with van der Waals surface area (Å²) in [5.74, 6) is 7.79. The Morgan fingerprint density at radius 1 is 1.48 bits per heavy atom. The number of hydrogen-bond donors (Lipinski definition) is 2. The Hall–Kier alpha value is -1.96. The number of nitrogens with one attached hydrogen (secondary N) is 1. The smallest absolute Gasteiger partial charge is 0.230 e. The van der Waals surface area contributed by atoms with Crippen LogP contribution in [0.5, 0.6) is 0 Å². The Kier molecular flexibility index (Phi) is 4.90. The fourth-order valence-electron chi connectivity index (χ4n) is 2.86. The van der Waals surface area contributed by atoms with E-state index in [2.05, 4.69) is 22.4 Å². The summed E-state index contributed by atoms with van der Waals surface area (Å²) in [6, 6.07) is 3.81. The van der Waals surface area contributed by atoms with Gasteiger partial charge in [-0.15, -0.1) is 10.2 Å². The molecule has 0 unspecified atom stereocenters. The third-order valence-corrected chi connectivity index (χ3v) is 5.14. The Morgan fingerprint density at radius 2 is 2.30 bits per heavy atom. The van der Waals surface area contributed by atoms with Crippen LogP contribution in [0.15, 0.2) is 28.0 Å². The van der Waals surface area contributed by atoms with E-state index in [9.17, 15) is 4.79 Å². The standard InChI is InChI=1S/C15H21N5O2S/c1-10-5-2-3-6-11(10)17-13(21)9-23-15-19-18-14(20(15)16)12-7-4-8-22-12/h4,7-8,10-11H,2-3,5-6,9,16H2,1H3,(H,17,21)/t10-,11-/m0/s1. The van der Waals surface area contributed by atoms with Gasteiger partial charge in [-0.1, -0.05) is 31.5 Å². The zero-order chi connectivity index (χ0) is 16.2. The highest BCUT2D eigenvalue weighted by Crippen LogP contribution is 2.24. The van der Waals surface area contributed by atoms with Gasteiger partial charge in [0.1, 0.15) is 0 Å². The second-order valence-electron chi connectivity index (χ2n) is 5.88. The first-order valence-electron chi connectivity index (χ1n) is 7.81. The van der Waals surface area contributed by atoms with Crippen LogP contribution in [0, 0.1) is 5.92 Å². The quantitative estimate of drug-likeness (QED) is 0.641. The molecule has 0 radical (unpaired) electrons. The molecule has 1 aliphatic carbocycles. The number of carbonyl (C=O) groups excluding carboxylic acids is 1. The van der Waals surface area contributed by atoms with Crippen molar-refractivity contribution in [3.8, 4) is 11.6 Å². The van der Waals surface area contributed by atoms with E-state index in [1.807, 2.05) is 0 Å². The summed E-state index contributed by atoms with van der Waals surface area (Å²) in [7, 11) is 0. The lowest BCUT2D eigenvalue weighted by molar-refractivity contribution is -0.119. The van der Waals surface area contributed by atoms with Gasteiger partial charge in [0, 0.05) is 6.04 Å². The van der Waals surface area contributed by atoms with Gasteiger partial charge in [-0.05, 0) is 30.9 Å². The molecular weight excluding hydrogens is 314 g/mol. The van der Waals surface area contributed by atoms with Gasteiger partial charge in [0.2, 0.25) is 16.9 Å². The number of nitrogens with zero attached hydrogens (tertiary/aromatic N) is 3. The molecule has 2 aromatic rings. The van der Waals surface area contributed by atoms with Crippen LogP contribution in [0.1, 0.15) is 32.6 Å². The molecule has 0 bridgehead atoms. The van der Waals surface area contributed by atoms with Gasteiger partial charge in [-0.3, -0.25) is 4.79 Å². The van der Waals surface area contributed by atoms with Crippen LogP contribution in [0.2, 0.25) is 0 Å². The molecular formula is C15H21N5O2S. The van der Waals surface area contributed by atoms with Crippen molar-refractivity contribution in [3.63, 3.8) is 0 Å². The van der Waals surface area contributed by atoms with Crippen LogP contribution in [0.25, 0.3) is 11.6 Å². The zero-order valence-corrected chi connectivity index (χ0v) is 13.9. The van der Waals surface area contributed by atoms with Gasteiger partial charge >= 0.3 is 0 Å². The summed E-state index contributed by atoms with van der Waals surface area (Å²) < 4.78 is 6.61. The van der Waals surface area contributed by atoms with Crippen LogP contribution in [-0.4, -0.2) is 32.6 Å². The molecule has 1 aliphatic rings. The predicted octanol–water partition coefficient (Wildman–Crippen LogP) is 2.04. The predicted molar refractivity (Wildman–Crippen MR) is 88.2 cm³/mol. The first-order valence-corrected chi connectivity index (χ1v) is 8.80. The minimum absolute atomic E-state index is 0.0105. The van der Waals surface area contributed by atoms with Gasteiger partial charge < -0.3 is 15.6 Å². The monoisotopic (exact) mass is 335 g/mol. The molecule has 1 fully saturated rings. The van der Waals surface area contributed by atoms with Crippen molar-refractivity contribution in [3.05, 3.63) is 18.4 Å². The molecule has 2 aromatic heterocycles. The Bertz CT molecular complexity index is 655. The number of nitrogens with two attached hydrogens (primary N) is 1. The summed E-state index contributed by atoms with van der Waals surface area (Å²) in [5.41, 5.74) is 0. The number of amides is 1. The maximum atomic E-state index is 12.1. The van der Waals surface area contributed by atoms with Gasteiger partial charge in [-0.2, -0.15) is 0 Å². The van der Waals surface area contributed by atoms with E-state index >= 15 is 0 Å². The zero-order valence-electron chi connectivity index (χ0n) is 13.1. The molecule has 3 rings (SSSR count). The van der Waals surface area contributed by atoms with Crippen molar-refractivity contribution in [1.82, 2.24) is 20.2 Å². The van der Waals surface area contributed by atoms with E-state index in [-0.39, 0.29) is 17.7 Å². The molecule has 0 spiro atoms. The maximum Gasteiger partial charge on any atom is 0.230 e. The molecule has 1 amide bonds. The number of rotatable bonds is 5. The average Bonchev–Trinajstić information content (AvgIpc) is 3.17. The van der Waals surface area contributed by atoms with Crippen LogP contribution in [-0.2, 0) is 4.79 Å². The van der Waals surface area contributed by atoms with Crippen LogP contribution < -0.4 is 11.2 Å². The summed E-state index contributed by atoms with van der Waals surface area (Å²) in [5, 5.41) is 11.6. The van der Waals surface area contributed by atoms with E-state index in [1.54, 1.807) is 18.4 Å². The van der Waals surface area contributed by atoms with Gasteiger partial charge in [0.15, 0.2) is 5.76 Å². The highest BCUT2D eigenvalue weighted by atomic mass is 32.2. The van der Waals surface area contributed by atoms with Crippen molar-refractivity contribution in [1.29, 1.82) is 0 Å². The van der Waals surface area contributed by atoms with Crippen LogP contribution in [0.4, 0.5) is 0 Å². The van der Waals surface area contributed by atoms with Gasteiger partial charge in [0.25, 0.3) is 0 Å². The second-order valence-corrected chi connectivity index (χ2v) is 6.82. The molecule has 8 heteroatoms. The van der Waals surface area contributed by atoms with Crippen molar-refractivity contribution in [2.24, 2.45) is 5.92 Å². The summed E-state index contributed by atoms with van der Waals surface area (Å²) >= 11 is 1.27. The topological polar surface area (TPSA) is 99.0 Å². The van der Waals surface area contributed by atoms with Crippen LogP contribution in [0.3, 0.4) is 0 Å². The summed E-state index contributed by atoms with van der Waals surface area (Å²) in [6.07, 6.45) is 6.24. The number of thioether (sulfide) groups is 1. The van der Waals surface area contributed by atoms with Crippen molar-refractivity contribution in [2.45, 2.75) is 43.8 Å². The molecule has 124 valence electrons. The van der Waals surface area contributed by atoms with Crippen molar-refractivity contribution < 1.29 is 9.21 Å². The minimum Gasteiger partial charge on any atom is -0.461 e. The molecule has 3 N–H and O–H groups in total. The first-order chi connectivity index (χ1) is 11.1. The number of furan rings is 1. The molecule has 0 saturated heterocycles. The lowest BCUT2D eigenvalue weighted by Gasteiger charge is -2.29.